The molecule has 1 unspecified atom stereocenters. The second-order valence-corrected chi connectivity index (χ2v) is 7.56. The van der Waals surface area contributed by atoms with Gasteiger partial charge in [-0.25, -0.2) is 0 Å². The van der Waals surface area contributed by atoms with E-state index in [2.05, 4.69) is 5.32 Å². The average molecular weight is 424 g/mol. The summed E-state index contributed by atoms with van der Waals surface area (Å²) >= 11 is 0. The first-order valence-corrected chi connectivity index (χ1v) is 8.55. The van der Waals surface area contributed by atoms with Crippen LogP contribution in [-0.2, 0) is 15.2 Å². The van der Waals surface area contributed by atoms with E-state index >= 15 is 0 Å². The van der Waals surface area contributed by atoms with Crippen molar-refractivity contribution >= 4 is 0 Å². The van der Waals surface area contributed by atoms with Gasteiger partial charge in [-0.05, 0) is 80.5 Å². The molecule has 0 aliphatic carbocycles. The van der Waals surface area contributed by atoms with Gasteiger partial charge in [0, 0.05) is 67.6 Å². The number of piperidine rings is 2. The number of rotatable bonds is 6. The minimum atomic E-state index is -3.84. The summed E-state index contributed by atoms with van der Waals surface area (Å²) in [6.07, 6.45) is -8.75. The lowest BCUT2D eigenvalue weighted by Gasteiger charge is -2.50. The van der Waals surface area contributed by atoms with E-state index in [1.54, 1.807) is 0 Å². The van der Waals surface area contributed by atoms with E-state index in [-0.39, 0.29) is 0 Å². The molecule has 2 heterocycles. The van der Waals surface area contributed by atoms with Crippen molar-refractivity contribution in [3.8, 4) is 0 Å². The molecule has 1 atom stereocenters. The molecule has 0 aromatic carbocycles. The van der Waals surface area contributed by atoms with Crippen LogP contribution in [0.2, 0.25) is 0 Å². The van der Waals surface area contributed by atoms with E-state index in [1.165, 1.54) is 0 Å². The van der Waals surface area contributed by atoms with Crippen molar-refractivity contribution in [2.45, 2.75) is 121 Å². The molecule has 2 fully saturated rings. The van der Waals surface area contributed by atoms with Gasteiger partial charge in [-0.3, -0.25) is 0 Å². The average Bonchev–Trinajstić information content (AvgIpc) is 2.86. The Morgan fingerprint density at radius 1 is 0.929 bits per heavy atom. The molecule has 2 radical (unpaired) electrons. The van der Waals surface area contributed by atoms with Crippen molar-refractivity contribution in [2.75, 3.05) is 13.2 Å². The normalized spacial score (nSPS) is 46.0. The topological polar surface area (TPSA) is 87.8 Å². The molecule has 2 N–H and O–H groups in total. The molecule has 0 saturated carbocycles. The standard InChI is InChI=1S/C21H41N3O4/c1-18(2)9-15(10-19(3,4)23(18)26)22-13-16(25)14-28-17-11-20(5,6)24(27)21(7,8)12-17/h15-17,22,25H,9-14H2,1-8H3/i1D3,2D3,3D3,4D3,5D3,6D3,7D3,8D3. The highest BCUT2D eigenvalue weighted by molar-refractivity contribution is 4.99. The van der Waals surface area contributed by atoms with E-state index in [0.29, 0.717) is 0 Å². The quantitative estimate of drug-likeness (QED) is 0.686. The maximum absolute atomic E-state index is 13.7. The third-order valence-corrected chi connectivity index (χ3v) is 4.68. The smallest absolute Gasteiger partial charge is 0.0897 e. The van der Waals surface area contributed by atoms with Crippen molar-refractivity contribution in [3.05, 3.63) is 0 Å². The van der Waals surface area contributed by atoms with Crippen molar-refractivity contribution in [3.63, 3.8) is 0 Å². The largest absolute Gasteiger partial charge is 0.389 e. The molecular formula is C21H41N3O4. The number of aliphatic hydroxyl groups is 1. The highest BCUT2D eigenvalue weighted by Crippen LogP contribution is 2.38. The van der Waals surface area contributed by atoms with E-state index in [4.69, 9.17) is 37.6 Å². The fraction of sp³-hybridized carbons (Fsp3) is 1.00. The zero-order valence-electron chi connectivity index (χ0n) is 39.0. The number of nitrogens with one attached hydrogen (secondary N) is 1. The van der Waals surface area contributed by atoms with Gasteiger partial charge in [0.15, 0.2) is 0 Å². The summed E-state index contributed by atoms with van der Waals surface area (Å²) in [6.45, 7) is -32.4. The predicted octanol–water partition coefficient (Wildman–Crippen LogP) is 2.69. The Labute approximate surface area is 204 Å². The zero-order chi connectivity index (χ0) is 41.5. The molecule has 2 aliphatic heterocycles. The molecule has 0 bridgehead atoms. The number of nitrogens with zero attached hydrogens (tertiary/aromatic N) is 2. The van der Waals surface area contributed by atoms with Crippen LogP contribution in [-0.4, -0.2) is 68.8 Å². The highest BCUT2D eigenvalue weighted by Gasteiger charge is 2.47. The lowest BCUT2D eigenvalue weighted by molar-refractivity contribution is -0.301. The van der Waals surface area contributed by atoms with Crippen LogP contribution >= 0.6 is 0 Å². The summed E-state index contributed by atoms with van der Waals surface area (Å²) in [7, 11) is 0. The number of aliphatic hydroxyl groups excluding tert-OH is 1. The maximum atomic E-state index is 13.7. The van der Waals surface area contributed by atoms with Gasteiger partial charge in [-0.2, -0.15) is 0 Å². The molecule has 2 aliphatic rings. The van der Waals surface area contributed by atoms with Crippen LogP contribution in [0.25, 0.3) is 0 Å². The Kier molecular flexibility index (Phi) is 2.06. The third kappa shape index (κ3) is 5.45. The summed E-state index contributed by atoms with van der Waals surface area (Å²) in [6, 6.07) is -1.72. The van der Waals surface area contributed by atoms with Crippen molar-refractivity contribution in [2.24, 2.45) is 0 Å². The summed E-state index contributed by atoms with van der Waals surface area (Å²) < 4.78 is 196. The van der Waals surface area contributed by atoms with Crippen LogP contribution in [0.4, 0.5) is 0 Å². The minimum absolute atomic E-state index is 0.812. The minimum Gasteiger partial charge on any atom is -0.389 e. The van der Waals surface area contributed by atoms with Crippen LogP contribution in [0.5, 0.6) is 0 Å². The Morgan fingerprint density at radius 3 is 1.79 bits per heavy atom. The third-order valence-electron chi connectivity index (χ3n) is 4.68. The van der Waals surface area contributed by atoms with Gasteiger partial charge in [-0.1, -0.05) is 0 Å². The molecule has 0 aromatic heterocycles. The van der Waals surface area contributed by atoms with Crippen molar-refractivity contribution in [1.29, 1.82) is 0 Å². The maximum Gasteiger partial charge on any atom is 0.0897 e. The monoisotopic (exact) mass is 423 g/mol. The second-order valence-electron chi connectivity index (χ2n) is 7.56. The molecule has 7 heteroatoms. The Bertz CT molecular complexity index is 1010. The fourth-order valence-corrected chi connectivity index (χ4v) is 3.37. The molecular weight excluding hydrogens is 358 g/mol. The highest BCUT2D eigenvalue weighted by atomic mass is 16.5. The molecule has 0 spiro atoms. The van der Waals surface area contributed by atoms with E-state index in [0.717, 1.165) is 0 Å². The number of hydrogen-bond acceptors (Lipinski definition) is 5. The first kappa shape index (κ1) is 7.12. The number of hydroxylamine groups is 4. The summed E-state index contributed by atoms with van der Waals surface area (Å²) in [5, 5.41) is 38.9. The summed E-state index contributed by atoms with van der Waals surface area (Å²) in [5.41, 5.74) is -14.5. The van der Waals surface area contributed by atoms with Crippen molar-refractivity contribution in [1.82, 2.24) is 15.4 Å². The van der Waals surface area contributed by atoms with E-state index in [1.807, 2.05) is 0 Å². The van der Waals surface area contributed by atoms with Gasteiger partial charge >= 0.3 is 0 Å². The Morgan fingerprint density at radius 2 is 1.36 bits per heavy atom. The van der Waals surface area contributed by atoms with Crippen LogP contribution in [0, 0.1) is 0 Å². The van der Waals surface area contributed by atoms with Crippen LogP contribution in [0.3, 0.4) is 0 Å². The second kappa shape index (κ2) is 8.10. The molecule has 0 amide bonds. The van der Waals surface area contributed by atoms with Gasteiger partial charge in [0.2, 0.25) is 0 Å². The fourth-order valence-electron chi connectivity index (χ4n) is 3.37. The summed E-state index contributed by atoms with van der Waals surface area (Å²) in [4.78, 5) is 0. The number of ether oxygens (including phenoxy) is 1. The van der Waals surface area contributed by atoms with Crippen molar-refractivity contribution < 1.29 is 53.2 Å². The first-order valence-electron chi connectivity index (χ1n) is 20.5. The zero-order valence-corrected chi connectivity index (χ0v) is 15.0. The Balaban J connectivity index is 2.55. The molecule has 28 heavy (non-hydrogen) atoms. The van der Waals surface area contributed by atoms with Crippen LogP contribution < -0.4 is 5.32 Å². The predicted molar refractivity (Wildman–Crippen MR) is 107 cm³/mol. The van der Waals surface area contributed by atoms with Gasteiger partial charge in [0.05, 0.1) is 18.8 Å². The van der Waals surface area contributed by atoms with Crippen LogP contribution in [0.1, 0.15) is 113 Å². The molecule has 164 valence electrons. The lowest BCUT2D eigenvalue weighted by Crippen LogP contribution is -2.62. The summed E-state index contributed by atoms with van der Waals surface area (Å²) in [5.74, 6) is 0. The van der Waals surface area contributed by atoms with Gasteiger partial charge in [-0.15, -0.1) is 20.5 Å². The molecule has 7 nitrogen and oxygen atoms in total. The Hall–Kier alpha value is -0.280. The molecule has 2 saturated heterocycles. The van der Waals surface area contributed by atoms with E-state index in [9.17, 15) is 15.5 Å². The van der Waals surface area contributed by atoms with E-state index < -0.39 is 144 Å². The van der Waals surface area contributed by atoms with Crippen LogP contribution in [0.15, 0.2) is 0 Å². The SMILES string of the molecule is [2H]C([2H])([2H])C1(C([2H])([2H])[2H])CC(NCC(O)COC2CC(C([2H])([2H])[2H])(C([2H])([2H])[2H])N([O])C(C([2H])([2H])[2H])(C([2H])([2H])[2H])C2)CC(C([2H])([2H])[2H])(C([2H])([2H])[2H])N1[O]. The first-order chi connectivity index (χ1) is 22.6. The van der Waals surface area contributed by atoms with Gasteiger partial charge in [0.25, 0.3) is 0 Å². The molecule has 0 aromatic rings. The van der Waals surface area contributed by atoms with Gasteiger partial charge < -0.3 is 15.2 Å². The lowest BCUT2D eigenvalue weighted by atomic mass is 9.79. The number of hydrogen-bond donors (Lipinski definition) is 2. The molecule has 2 rings (SSSR count). The van der Waals surface area contributed by atoms with Gasteiger partial charge in [0.1, 0.15) is 0 Å².